The van der Waals surface area contributed by atoms with Crippen LogP contribution in [0.3, 0.4) is 0 Å². The molecule has 0 aliphatic carbocycles. The Labute approximate surface area is 189 Å². The lowest BCUT2D eigenvalue weighted by Gasteiger charge is -2.29. The monoisotopic (exact) mass is 448 g/mol. The molecular formula is C25H18ClFN2O3. The summed E-state index contributed by atoms with van der Waals surface area (Å²) in [5.41, 5.74) is 2.25. The van der Waals surface area contributed by atoms with Crippen LogP contribution in [0.2, 0.25) is 5.02 Å². The summed E-state index contributed by atoms with van der Waals surface area (Å²) in [6.07, 6.45) is 0.731. The van der Waals surface area contributed by atoms with Crippen LogP contribution in [0.5, 0.6) is 0 Å². The highest BCUT2D eigenvalue weighted by Gasteiger charge is 2.43. The van der Waals surface area contributed by atoms with Crippen LogP contribution >= 0.6 is 11.6 Å². The number of aliphatic carboxylic acids is 1. The first-order valence-electron chi connectivity index (χ1n) is 10.0. The van der Waals surface area contributed by atoms with E-state index in [1.54, 1.807) is 48.5 Å². The minimum atomic E-state index is -1.10. The first-order chi connectivity index (χ1) is 15.4. The van der Waals surface area contributed by atoms with Gasteiger partial charge in [-0.05, 0) is 59.9 Å². The molecule has 0 unspecified atom stereocenters. The second-order valence-corrected chi connectivity index (χ2v) is 7.97. The van der Waals surface area contributed by atoms with Gasteiger partial charge < -0.3 is 10.0 Å². The van der Waals surface area contributed by atoms with Gasteiger partial charge in [0.1, 0.15) is 11.9 Å². The van der Waals surface area contributed by atoms with Gasteiger partial charge in [-0.15, -0.1) is 0 Å². The molecule has 0 bridgehead atoms. The number of carboxylic acid groups (broad SMARTS) is 1. The first-order valence-corrected chi connectivity index (χ1v) is 10.4. The van der Waals surface area contributed by atoms with Crippen LogP contribution in [0.1, 0.15) is 40.4 Å². The van der Waals surface area contributed by atoms with Gasteiger partial charge >= 0.3 is 5.97 Å². The van der Waals surface area contributed by atoms with Gasteiger partial charge in [0.15, 0.2) is 0 Å². The van der Waals surface area contributed by atoms with Crippen LogP contribution in [0.15, 0.2) is 66.7 Å². The zero-order valence-corrected chi connectivity index (χ0v) is 17.6. The van der Waals surface area contributed by atoms with Crippen molar-refractivity contribution in [1.29, 1.82) is 5.26 Å². The van der Waals surface area contributed by atoms with Gasteiger partial charge in [-0.2, -0.15) is 5.26 Å². The zero-order chi connectivity index (χ0) is 22.8. The van der Waals surface area contributed by atoms with E-state index < -0.39 is 24.0 Å². The Kier molecular flexibility index (Phi) is 5.93. The lowest BCUT2D eigenvalue weighted by Crippen LogP contribution is -2.42. The van der Waals surface area contributed by atoms with Gasteiger partial charge in [0, 0.05) is 5.02 Å². The number of carbonyl (C=O) groups excluding carboxylic acids is 1. The Bertz CT molecular complexity index is 1240. The molecule has 0 saturated carbocycles. The number of carbonyl (C=O) groups is 2. The highest BCUT2D eigenvalue weighted by Crippen LogP contribution is 2.40. The van der Waals surface area contributed by atoms with Crippen molar-refractivity contribution in [3.05, 3.63) is 94.3 Å². The van der Waals surface area contributed by atoms with Gasteiger partial charge in [0.2, 0.25) is 0 Å². The van der Waals surface area contributed by atoms with Crippen molar-refractivity contribution in [2.75, 3.05) is 0 Å². The molecule has 0 aromatic heterocycles. The standard InChI is InChI=1S/C25H18ClFN2O3/c26-21-4-2-1-3-20(21)22-11-12-23(25(31)32)29(22)24(30)19-10-7-16(13-17(19)14-28)15-5-8-18(27)9-6-15/h1-10,13,22-23H,11-12H2,(H,31,32)/t22-,23+/m1/s1. The lowest BCUT2D eigenvalue weighted by atomic mass is 9.98. The number of carboxylic acids is 1. The minimum Gasteiger partial charge on any atom is -0.480 e. The van der Waals surface area contributed by atoms with E-state index in [-0.39, 0.29) is 23.4 Å². The fourth-order valence-electron chi connectivity index (χ4n) is 4.17. The van der Waals surface area contributed by atoms with Crippen LogP contribution in [0.4, 0.5) is 4.39 Å². The molecule has 32 heavy (non-hydrogen) atoms. The molecule has 1 fully saturated rings. The van der Waals surface area contributed by atoms with E-state index in [1.165, 1.54) is 23.1 Å². The molecule has 1 heterocycles. The minimum absolute atomic E-state index is 0.114. The van der Waals surface area contributed by atoms with E-state index in [9.17, 15) is 24.3 Å². The van der Waals surface area contributed by atoms with Crippen molar-refractivity contribution >= 4 is 23.5 Å². The molecule has 2 atom stereocenters. The van der Waals surface area contributed by atoms with Crippen LogP contribution in [-0.2, 0) is 4.79 Å². The fourth-order valence-corrected chi connectivity index (χ4v) is 4.43. The first kappa shape index (κ1) is 21.5. The quantitative estimate of drug-likeness (QED) is 0.575. The van der Waals surface area contributed by atoms with Crippen molar-refractivity contribution in [2.24, 2.45) is 0 Å². The molecule has 7 heteroatoms. The molecule has 3 aromatic carbocycles. The number of hydrogen-bond donors (Lipinski definition) is 1. The fraction of sp³-hybridized carbons (Fsp3) is 0.160. The van der Waals surface area contributed by atoms with Gasteiger partial charge in [-0.25, -0.2) is 9.18 Å². The number of nitrogens with zero attached hydrogens (tertiary/aromatic N) is 2. The van der Waals surface area contributed by atoms with Gasteiger partial charge in [-0.1, -0.05) is 48.0 Å². The van der Waals surface area contributed by atoms with Crippen molar-refractivity contribution < 1.29 is 19.1 Å². The lowest BCUT2D eigenvalue weighted by molar-refractivity contribution is -0.141. The van der Waals surface area contributed by atoms with E-state index in [0.717, 1.165) is 0 Å². The number of rotatable bonds is 4. The highest BCUT2D eigenvalue weighted by atomic mass is 35.5. The summed E-state index contributed by atoms with van der Waals surface area (Å²) in [6, 6.07) is 18.1. The average Bonchev–Trinajstić information content (AvgIpc) is 3.24. The Balaban J connectivity index is 1.75. The van der Waals surface area contributed by atoms with E-state index >= 15 is 0 Å². The van der Waals surface area contributed by atoms with E-state index in [1.807, 2.05) is 6.07 Å². The Morgan fingerprint density at radius 2 is 1.72 bits per heavy atom. The number of nitriles is 1. The molecule has 0 spiro atoms. The van der Waals surface area contributed by atoms with Crippen LogP contribution in [0.25, 0.3) is 11.1 Å². The van der Waals surface area contributed by atoms with Crippen molar-refractivity contribution in [1.82, 2.24) is 4.90 Å². The zero-order valence-electron chi connectivity index (χ0n) is 16.8. The van der Waals surface area contributed by atoms with Crippen LogP contribution in [0, 0.1) is 17.1 Å². The highest BCUT2D eigenvalue weighted by molar-refractivity contribution is 6.31. The van der Waals surface area contributed by atoms with Gasteiger partial charge in [0.05, 0.1) is 23.2 Å². The molecular weight excluding hydrogens is 431 g/mol. The van der Waals surface area contributed by atoms with E-state index in [4.69, 9.17) is 11.6 Å². The maximum atomic E-state index is 13.5. The number of hydrogen-bond acceptors (Lipinski definition) is 3. The predicted molar refractivity (Wildman–Crippen MR) is 118 cm³/mol. The Morgan fingerprint density at radius 1 is 1.03 bits per heavy atom. The number of halogens is 2. The van der Waals surface area contributed by atoms with Gasteiger partial charge in [0.25, 0.3) is 5.91 Å². The van der Waals surface area contributed by atoms with Gasteiger partial charge in [-0.3, -0.25) is 4.79 Å². The van der Waals surface area contributed by atoms with Crippen LogP contribution in [-0.4, -0.2) is 27.9 Å². The number of benzene rings is 3. The smallest absolute Gasteiger partial charge is 0.326 e. The summed E-state index contributed by atoms with van der Waals surface area (Å²) in [6.45, 7) is 0. The van der Waals surface area contributed by atoms with Crippen molar-refractivity contribution in [3.63, 3.8) is 0 Å². The summed E-state index contributed by atoms with van der Waals surface area (Å²) in [5.74, 6) is -2.02. The third-order valence-corrected chi connectivity index (χ3v) is 6.06. The largest absolute Gasteiger partial charge is 0.480 e. The molecule has 3 aromatic rings. The van der Waals surface area contributed by atoms with E-state index in [0.29, 0.717) is 28.1 Å². The number of amides is 1. The maximum absolute atomic E-state index is 13.5. The third kappa shape index (κ3) is 3.95. The summed E-state index contributed by atoms with van der Waals surface area (Å²) < 4.78 is 13.2. The molecule has 0 radical (unpaired) electrons. The molecule has 5 nitrogen and oxygen atoms in total. The van der Waals surface area contributed by atoms with Crippen molar-refractivity contribution in [3.8, 4) is 17.2 Å². The van der Waals surface area contributed by atoms with Crippen LogP contribution < -0.4 is 0 Å². The SMILES string of the molecule is N#Cc1cc(-c2ccc(F)cc2)ccc1C(=O)N1[C@@H](c2ccccc2Cl)CC[C@H]1C(=O)O. The molecule has 1 aliphatic heterocycles. The molecule has 1 amide bonds. The summed E-state index contributed by atoms with van der Waals surface area (Å²) in [5, 5.41) is 19.9. The molecule has 1 saturated heterocycles. The summed E-state index contributed by atoms with van der Waals surface area (Å²) in [7, 11) is 0. The molecule has 1 aliphatic rings. The number of likely N-dealkylation sites (tertiary alicyclic amines) is 1. The average molecular weight is 449 g/mol. The summed E-state index contributed by atoms with van der Waals surface area (Å²) in [4.78, 5) is 26.8. The topological polar surface area (TPSA) is 81.4 Å². The summed E-state index contributed by atoms with van der Waals surface area (Å²) >= 11 is 6.34. The molecule has 160 valence electrons. The predicted octanol–water partition coefficient (Wildman–Crippen LogP) is 5.45. The third-order valence-electron chi connectivity index (χ3n) is 5.72. The van der Waals surface area contributed by atoms with Crippen molar-refractivity contribution in [2.45, 2.75) is 24.9 Å². The second kappa shape index (κ2) is 8.81. The maximum Gasteiger partial charge on any atom is 0.326 e. The Hall–Kier alpha value is -3.69. The molecule has 1 N–H and O–H groups in total. The second-order valence-electron chi connectivity index (χ2n) is 7.56. The Morgan fingerprint density at radius 3 is 2.38 bits per heavy atom. The normalized spacial score (nSPS) is 17.7. The molecule has 4 rings (SSSR count). The van der Waals surface area contributed by atoms with E-state index in [2.05, 4.69) is 0 Å².